The van der Waals surface area contributed by atoms with E-state index in [1.54, 1.807) is 13.0 Å². The maximum atomic E-state index is 12.0. The van der Waals surface area contributed by atoms with Crippen LogP contribution in [-0.2, 0) is 6.42 Å². The van der Waals surface area contributed by atoms with E-state index >= 15 is 0 Å². The minimum atomic E-state index is -1.05. The smallest absolute Gasteiger partial charge is 0.335 e. The molecule has 7 nitrogen and oxygen atoms in total. The molecule has 104 valence electrons. The molecule has 0 aliphatic rings. The zero-order chi connectivity index (χ0) is 14.7. The molecule has 1 amide bonds. The molecule has 0 fully saturated rings. The van der Waals surface area contributed by atoms with Crippen molar-refractivity contribution < 1.29 is 14.7 Å². The van der Waals surface area contributed by atoms with Crippen LogP contribution in [0.2, 0.25) is 0 Å². The molecule has 0 saturated heterocycles. The average molecular weight is 274 g/mol. The minimum Gasteiger partial charge on any atom is -0.478 e. The lowest BCUT2D eigenvalue weighted by Gasteiger charge is -2.07. The van der Waals surface area contributed by atoms with E-state index in [0.29, 0.717) is 17.9 Å². The fraction of sp³-hybridized carbons (Fsp3) is 0.231. The number of nitrogens with one attached hydrogen (secondary N) is 2. The van der Waals surface area contributed by atoms with Crippen LogP contribution in [-0.4, -0.2) is 32.2 Å². The van der Waals surface area contributed by atoms with Crippen LogP contribution in [0.5, 0.6) is 0 Å². The lowest BCUT2D eigenvalue weighted by Crippen LogP contribution is -2.15. The fourth-order valence-corrected chi connectivity index (χ4v) is 1.62. The van der Waals surface area contributed by atoms with E-state index in [2.05, 4.69) is 20.5 Å². The van der Waals surface area contributed by atoms with Crippen LogP contribution in [0.4, 0.5) is 5.69 Å². The number of hydrogen-bond acceptors (Lipinski definition) is 4. The standard InChI is InChI=1S/C13H14N4O3/c1-3-10-15-11(17-16-10)12(18)14-9-6-8(13(19)20)5-4-7(9)2/h4-6H,3H2,1-2H3,(H,14,18)(H,19,20)(H,15,16,17). The number of hydrogen-bond donors (Lipinski definition) is 3. The highest BCUT2D eigenvalue weighted by Crippen LogP contribution is 2.17. The first kappa shape index (κ1) is 13.7. The summed E-state index contributed by atoms with van der Waals surface area (Å²) in [6.07, 6.45) is 0.647. The quantitative estimate of drug-likeness (QED) is 0.785. The van der Waals surface area contributed by atoms with E-state index in [1.165, 1.54) is 12.1 Å². The lowest BCUT2D eigenvalue weighted by molar-refractivity contribution is 0.0696. The van der Waals surface area contributed by atoms with Crippen LogP contribution in [0.25, 0.3) is 0 Å². The molecule has 2 rings (SSSR count). The number of amides is 1. The summed E-state index contributed by atoms with van der Waals surface area (Å²) >= 11 is 0. The summed E-state index contributed by atoms with van der Waals surface area (Å²) in [7, 11) is 0. The Morgan fingerprint density at radius 1 is 1.40 bits per heavy atom. The van der Waals surface area contributed by atoms with Crippen molar-refractivity contribution in [3.05, 3.63) is 41.0 Å². The van der Waals surface area contributed by atoms with E-state index in [4.69, 9.17) is 5.11 Å². The maximum Gasteiger partial charge on any atom is 0.335 e. The summed E-state index contributed by atoms with van der Waals surface area (Å²) in [5.41, 5.74) is 1.29. The van der Waals surface area contributed by atoms with Gasteiger partial charge in [-0.1, -0.05) is 13.0 Å². The maximum absolute atomic E-state index is 12.0. The van der Waals surface area contributed by atoms with Gasteiger partial charge in [-0.2, -0.15) is 0 Å². The molecular formula is C13H14N4O3. The molecule has 0 radical (unpaired) electrons. The van der Waals surface area contributed by atoms with E-state index in [1.807, 2.05) is 6.92 Å². The number of anilines is 1. The van der Waals surface area contributed by atoms with Crippen LogP contribution in [0.3, 0.4) is 0 Å². The van der Waals surface area contributed by atoms with Gasteiger partial charge in [0.25, 0.3) is 5.91 Å². The number of carbonyl (C=O) groups is 2. The SMILES string of the molecule is CCc1nc(C(=O)Nc2cc(C(=O)O)ccc2C)n[nH]1. The third kappa shape index (κ3) is 2.82. The summed E-state index contributed by atoms with van der Waals surface area (Å²) in [5.74, 6) is -0.883. The van der Waals surface area contributed by atoms with Crippen LogP contribution in [0, 0.1) is 6.92 Å². The summed E-state index contributed by atoms with van der Waals surface area (Å²) in [6.45, 7) is 3.67. The molecule has 7 heteroatoms. The van der Waals surface area contributed by atoms with Gasteiger partial charge in [-0.3, -0.25) is 9.89 Å². The normalized spacial score (nSPS) is 10.3. The Hall–Kier alpha value is -2.70. The Balaban J connectivity index is 2.22. The Bertz CT molecular complexity index is 663. The molecular weight excluding hydrogens is 260 g/mol. The lowest BCUT2D eigenvalue weighted by atomic mass is 10.1. The van der Waals surface area contributed by atoms with Crippen molar-refractivity contribution in [1.82, 2.24) is 15.2 Å². The van der Waals surface area contributed by atoms with Crippen LogP contribution >= 0.6 is 0 Å². The minimum absolute atomic E-state index is 0.0296. The summed E-state index contributed by atoms with van der Waals surface area (Å²) in [6, 6.07) is 4.52. The van der Waals surface area contributed by atoms with Gasteiger partial charge in [-0.25, -0.2) is 9.78 Å². The second-order valence-corrected chi connectivity index (χ2v) is 4.25. The highest BCUT2D eigenvalue weighted by atomic mass is 16.4. The second kappa shape index (κ2) is 5.52. The van der Waals surface area contributed by atoms with Gasteiger partial charge in [0.15, 0.2) is 0 Å². The number of carboxylic acids is 1. The molecule has 3 N–H and O–H groups in total. The van der Waals surface area contributed by atoms with Gasteiger partial charge in [-0.05, 0) is 24.6 Å². The van der Waals surface area contributed by atoms with Crippen molar-refractivity contribution in [3.63, 3.8) is 0 Å². The molecule has 1 aromatic heterocycles. The predicted octanol–water partition coefficient (Wildman–Crippen LogP) is 1.63. The average Bonchev–Trinajstić information content (AvgIpc) is 2.89. The fourth-order valence-electron chi connectivity index (χ4n) is 1.62. The van der Waals surface area contributed by atoms with Crippen molar-refractivity contribution >= 4 is 17.6 Å². The number of nitrogens with zero attached hydrogens (tertiary/aromatic N) is 2. The number of rotatable bonds is 4. The van der Waals surface area contributed by atoms with Gasteiger partial charge in [-0.15, -0.1) is 5.10 Å². The van der Waals surface area contributed by atoms with E-state index in [-0.39, 0.29) is 11.4 Å². The number of carboxylic acid groups (broad SMARTS) is 1. The first-order valence-electron chi connectivity index (χ1n) is 6.07. The van der Waals surface area contributed by atoms with Gasteiger partial charge in [0, 0.05) is 12.1 Å². The van der Waals surface area contributed by atoms with Crippen LogP contribution in [0.1, 0.15) is 39.3 Å². The van der Waals surface area contributed by atoms with Crippen molar-refractivity contribution in [2.45, 2.75) is 20.3 Å². The monoisotopic (exact) mass is 274 g/mol. The zero-order valence-corrected chi connectivity index (χ0v) is 11.1. The molecule has 0 bridgehead atoms. The number of aromatic nitrogens is 3. The molecule has 0 atom stereocenters. The molecule has 1 heterocycles. The molecule has 0 saturated carbocycles. The summed E-state index contributed by atoms with van der Waals surface area (Å²) in [5, 5.41) is 18.0. The van der Waals surface area contributed by atoms with Gasteiger partial charge in [0.1, 0.15) is 5.82 Å². The van der Waals surface area contributed by atoms with Crippen molar-refractivity contribution in [2.24, 2.45) is 0 Å². The second-order valence-electron chi connectivity index (χ2n) is 4.25. The molecule has 20 heavy (non-hydrogen) atoms. The number of benzene rings is 1. The van der Waals surface area contributed by atoms with Gasteiger partial charge in [0.2, 0.25) is 5.82 Å². The molecule has 0 spiro atoms. The number of aryl methyl sites for hydroxylation is 2. The highest BCUT2D eigenvalue weighted by molar-refractivity contribution is 6.02. The van der Waals surface area contributed by atoms with Crippen LogP contribution in [0.15, 0.2) is 18.2 Å². The van der Waals surface area contributed by atoms with E-state index in [9.17, 15) is 9.59 Å². The molecule has 2 aromatic rings. The molecule has 1 aromatic carbocycles. The zero-order valence-electron chi connectivity index (χ0n) is 11.1. The van der Waals surface area contributed by atoms with Gasteiger partial charge >= 0.3 is 5.97 Å². The molecule has 0 unspecified atom stereocenters. The number of aromatic carboxylic acids is 1. The Morgan fingerprint density at radius 3 is 2.75 bits per heavy atom. The van der Waals surface area contributed by atoms with Crippen molar-refractivity contribution in [2.75, 3.05) is 5.32 Å². The Labute approximate surface area is 115 Å². The van der Waals surface area contributed by atoms with E-state index < -0.39 is 11.9 Å². The van der Waals surface area contributed by atoms with Crippen molar-refractivity contribution in [3.8, 4) is 0 Å². The number of aromatic amines is 1. The van der Waals surface area contributed by atoms with Crippen molar-refractivity contribution in [1.29, 1.82) is 0 Å². The first-order valence-corrected chi connectivity index (χ1v) is 6.07. The number of carbonyl (C=O) groups excluding carboxylic acids is 1. The number of H-pyrrole nitrogens is 1. The first-order chi connectivity index (χ1) is 9.51. The van der Waals surface area contributed by atoms with Gasteiger partial charge < -0.3 is 10.4 Å². The third-order valence-electron chi connectivity index (χ3n) is 2.80. The Morgan fingerprint density at radius 2 is 2.15 bits per heavy atom. The summed E-state index contributed by atoms with van der Waals surface area (Å²) < 4.78 is 0. The molecule has 0 aliphatic heterocycles. The van der Waals surface area contributed by atoms with Crippen LogP contribution < -0.4 is 5.32 Å². The van der Waals surface area contributed by atoms with E-state index in [0.717, 1.165) is 5.56 Å². The predicted molar refractivity (Wildman–Crippen MR) is 71.9 cm³/mol. The largest absolute Gasteiger partial charge is 0.478 e. The third-order valence-corrected chi connectivity index (χ3v) is 2.80. The summed E-state index contributed by atoms with van der Waals surface area (Å²) in [4.78, 5) is 26.9. The van der Waals surface area contributed by atoms with Gasteiger partial charge in [0.05, 0.1) is 5.56 Å². The topological polar surface area (TPSA) is 108 Å². The highest BCUT2D eigenvalue weighted by Gasteiger charge is 2.14. The molecule has 0 aliphatic carbocycles. The Kier molecular flexibility index (Phi) is 3.79.